The quantitative estimate of drug-likeness (QED) is 0.212. The van der Waals surface area contributed by atoms with E-state index in [0.717, 1.165) is 63.0 Å². The SMILES string of the molecule is CC(C)CC(=O)N(C)C1(c2ccccc2)CCN(C(CC(C(=O)c2ccccc2)C2CCCNC2)c2ccc(Cl)c(Cl)c2)CC1. The number of piperidine rings is 2. The maximum Gasteiger partial charge on any atom is 0.223 e. The average Bonchev–Trinajstić information content (AvgIpc) is 3.07. The highest BCUT2D eigenvalue weighted by molar-refractivity contribution is 6.42. The maximum atomic E-state index is 14.2. The van der Waals surface area contributed by atoms with Crippen LogP contribution in [0, 0.1) is 17.8 Å². The van der Waals surface area contributed by atoms with Crippen LogP contribution in [0.5, 0.6) is 0 Å². The molecule has 3 aromatic carbocycles. The van der Waals surface area contributed by atoms with Gasteiger partial charge in [0.05, 0.1) is 15.6 Å². The fraction of sp³-hybridized carbons (Fsp3) is 0.474. The van der Waals surface area contributed by atoms with E-state index in [2.05, 4.69) is 54.4 Å². The van der Waals surface area contributed by atoms with Gasteiger partial charge in [-0.25, -0.2) is 0 Å². The summed E-state index contributed by atoms with van der Waals surface area (Å²) in [6, 6.07) is 26.1. The molecule has 45 heavy (non-hydrogen) atoms. The second-order valence-corrected chi connectivity index (χ2v) is 14.2. The molecule has 2 fully saturated rings. The third-order valence-electron chi connectivity index (χ3n) is 10.1. The largest absolute Gasteiger partial charge is 0.336 e. The van der Waals surface area contributed by atoms with Gasteiger partial charge in [-0.1, -0.05) is 104 Å². The number of ketones is 1. The summed E-state index contributed by atoms with van der Waals surface area (Å²) in [5, 5.41) is 4.61. The molecular weight excluding hydrogens is 601 g/mol. The standard InChI is InChI=1S/C38H47Cl2N3O2/c1-27(2)23-36(44)42(3)38(31-14-8-5-9-15-31)18-21-43(22-19-38)35(29-16-17-33(39)34(40)24-29)25-32(30-13-10-20-41-26-30)37(45)28-11-6-4-7-12-28/h4-9,11-12,14-17,24,27,30,32,35,41H,10,13,18-23,25-26H2,1-3H3. The molecule has 2 heterocycles. The van der Waals surface area contributed by atoms with Gasteiger partial charge in [-0.2, -0.15) is 0 Å². The molecule has 1 N–H and O–H groups in total. The summed E-state index contributed by atoms with van der Waals surface area (Å²) in [6.07, 6.45) is 4.93. The number of Topliss-reactive ketones (excluding diaryl/α,β-unsaturated/α-hetero) is 1. The van der Waals surface area contributed by atoms with E-state index in [4.69, 9.17) is 23.2 Å². The average molecular weight is 649 g/mol. The van der Waals surface area contributed by atoms with Gasteiger partial charge in [0, 0.05) is 44.1 Å². The van der Waals surface area contributed by atoms with Crippen molar-refractivity contribution < 1.29 is 9.59 Å². The number of likely N-dealkylation sites (tertiary alicyclic amines) is 1. The van der Waals surface area contributed by atoms with Crippen LogP contribution in [0.4, 0.5) is 0 Å². The summed E-state index contributed by atoms with van der Waals surface area (Å²) in [7, 11) is 1.98. The molecule has 0 radical (unpaired) electrons. The molecule has 2 saturated heterocycles. The predicted octanol–water partition coefficient (Wildman–Crippen LogP) is 8.42. The van der Waals surface area contributed by atoms with Crippen LogP contribution in [0.1, 0.15) is 79.9 Å². The van der Waals surface area contributed by atoms with Gasteiger partial charge in [0.2, 0.25) is 5.91 Å². The molecule has 240 valence electrons. The van der Waals surface area contributed by atoms with E-state index in [1.807, 2.05) is 60.5 Å². The van der Waals surface area contributed by atoms with E-state index >= 15 is 0 Å². The van der Waals surface area contributed by atoms with Crippen LogP contribution in [-0.2, 0) is 10.3 Å². The van der Waals surface area contributed by atoms with Gasteiger partial charge in [0.25, 0.3) is 0 Å². The summed E-state index contributed by atoms with van der Waals surface area (Å²) in [4.78, 5) is 32.3. The lowest BCUT2D eigenvalue weighted by Gasteiger charge is -2.50. The number of nitrogens with one attached hydrogen (secondary N) is 1. The minimum atomic E-state index is -0.390. The van der Waals surface area contributed by atoms with Crippen molar-refractivity contribution in [1.29, 1.82) is 0 Å². The van der Waals surface area contributed by atoms with Crippen molar-refractivity contribution in [3.8, 4) is 0 Å². The molecule has 3 atom stereocenters. The summed E-state index contributed by atoms with van der Waals surface area (Å²) in [5.41, 5.74) is 2.64. The lowest BCUT2D eigenvalue weighted by molar-refractivity contribution is -0.139. The summed E-state index contributed by atoms with van der Waals surface area (Å²) in [6.45, 7) is 7.61. The number of benzene rings is 3. The predicted molar refractivity (Wildman–Crippen MR) is 185 cm³/mol. The summed E-state index contributed by atoms with van der Waals surface area (Å²) < 4.78 is 0. The Bertz CT molecular complexity index is 1420. The van der Waals surface area contributed by atoms with Crippen LogP contribution < -0.4 is 5.32 Å². The Morgan fingerprint density at radius 1 is 0.956 bits per heavy atom. The van der Waals surface area contributed by atoms with Crippen molar-refractivity contribution >= 4 is 34.9 Å². The molecule has 0 aromatic heterocycles. The molecular formula is C38H47Cl2N3O2. The minimum Gasteiger partial charge on any atom is -0.336 e. The van der Waals surface area contributed by atoms with Gasteiger partial charge < -0.3 is 10.2 Å². The van der Waals surface area contributed by atoms with Crippen molar-refractivity contribution in [1.82, 2.24) is 15.1 Å². The molecule has 3 aromatic rings. The van der Waals surface area contributed by atoms with Gasteiger partial charge in [0.15, 0.2) is 5.78 Å². The van der Waals surface area contributed by atoms with E-state index in [9.17, 15) is 9.59 Å². The highest BCUT2D eigenvalue weighted by Gasteiger charge is 2.44. The molecule has 3 unspecified atom stereocenters. The van der Waals surface area contributed by atoms with Crippen molar-refractivity contribution in [3.63, 3.8) is 0 Å². The van der Waals surface area contributed by atoms with Crippen LogP contribution >= 0.6 is 23.2 Å². The Hall–Kier alpha value is -2.70. The second-order valence-electron chi connectivity index (χ2n) is 13.4. The van der Waals surface area contributed by atoms with Crippen LogP contribution in [-0.4, -0.2) is 54.7 Å². The molecule has 5 nitrogen and oxygen atoms in total. The highest BCUT2D eigenvalue weighted by atomic mass is 35.5. The van der Waals surface area contributed by atoms with Crippen LogP contribution in [0.2, 0.25) is 10.0 Å². The Morgan fingerprint density at radius 3 is 2.22 bits per heavy atom. The zero-order chi connectivity index (χ0) is 32.0. The first-order chi connectivity index (χ1) is 21.7. The lowest BCUT2D eigenvalue weighted by atomic mass is 9.75. The number of hydrogen-bond donors (Lipinski definition) is 1. The smallest absolute Gasteiger partial charge is 0.223 e. The number of nitrogens with zero attached hydrogens (tertiary/aromatic N) is 2. The molecule has 0 aliphatic carbocycles. The van der Waals surface area contributed by atoms with E-state index in [1.165, 1.54) is 5.56 Å². The van der Waals surface area contributed by atoms with E-state index in [0.29, 0.717) is 28.8 Å². The molecule has 0 bridgehead atoms. The fourth-order valence-electron chi connectivity index (χ4n) is 7.51. The third-order valence-corrected chi connectivity index (χ3v) is 10.8. The van der Waals surface area contributed by atoms with Crippen LogP contribution in [0.25, 0.3) is 0 Å². The van der Waals surface area contributed by atoms with Crippen LogP contribution in [0.3, 0.4) is 0 Å². The fourth-order valence-corrected chi connectivity index (χ4v) is 7.81. The normalized spacial score (nSPS) is 20.0. The first-order valence-electron chi connectivity index (χ1n) is 16.5. The lowest BCUT2D eigenvalue weighted by Crippen LogP contribution is -2.54. The maximum absolute atomic E-state index is 14.2. The first kappa shape index (κ1) is 33.7. The van der Waals surface area contributed by atoms with Gasteiger partial charge in [0.1, 0.15) is 0 Å². The Morgan fingerprint density at radius 2 is 1.62 bits per heavy atom. The molecule has 5 rings (SSSR count). The van der Waals surface area contributed by atoms with E-state index in [1.54, 1.807) is 0 Å². The summed E-state index contributed by atoms with van der Waals surface area (Å²) >= 11 is 13.0. The Kier molecular flexibility index (Phi) is 11.4. The molecule has 2 aliphatic rings. The molecule has 0 spiro atoms. The van der Waals surface area contributed by atoms with Crippen molar-refractivity contribution in [2.75, 3.05) is 33.2 Å². The highest BCUT2D eigenvalue weighted by Crippen LogP contribution is 2.44. The topological polar surface area (TPSA) is 52.7 Å². The monoisotopic (exact) mass is 647 g/mol. The number of hydrogen-bond acceptors (Lipinski definition) is 4. The van der Waals surface area contributed by atoms with Crippen LogP contribution in [0.15, 0.2) is 78.9 Å². The van der Waals surface area contributed by atoms with Gasteiger partial charge in [-0.3, -0.25) is 14.5 Å². The zero-order valence-corrected chi connectivity index (χ0v) is 28.4. The molecule has 1 amide bonds. The number of rotatable bonds is 11. The molecule has 2 aliphatic heterocycles. The van der Waals surface area contributed by atoms with Crippen molar-refractivity contribution in [3.05, 3.63) is 106 Å². The number of halogens is 2. The third kappa shape index (κ3) is 7.82. The number of carbonyl (C=O) groups excluding carboxylic acids is 2. The minimum absolute atomic E-state index is 0.0233. The van der Waals surface area contributed by atoms with E-state index in [-0.39, 0.29) is 29.6 Å². The number of carbonyl (C=O) groups is 2. The second kappa shape index (κ2) is 15.3. The Labute approximate surface area is 279 Å². The summed E-state index contributed by atoms with van der Waals surface area (Å²) in [5.74, 6) is 0.798. The molecule has 7 heteroatoms. The van der Waals surface area contributed by atoms with Crippen molar-refractivity contribution in [2.24, 2.45) is 17.8 Å². The van der Waals surface area contributed by atoms with Gasteiger partial charge >= 0.3 is 0 Å². The van der Waals surface area contributed by atoms with Gasteiger partial charge in [-0.15, -0.1) is 0 Å². The first-order valence-corrected chi connectivity index (χ1v) is 17.3. The zero-order valence-electron chi connectivity index (χ0n) is 26.9. The molecule has 0 saturated carbocycles. The van der Waals surface area contributed by atoms with E-state index < -0.39 is 5.54 Å². The number of amides is 1. The van der Waals surface area contributed by atoms with Gasteiger partial charge in [-0.05, 0) is 80.3 Å². The Balaban J connectivity index is 1.48. The van der Waals surface area contributed by atoms with Crippen molar-refractivity contribution in [2.45, 2.75) is 64.0 Å².